The largest absolute Gasteiger partial charge is 0.377 e. The van der Waals surface area contributed by atoms with Crippen LogP contribution in [0.4, 0.5) is 0 Å². The van der Waals surface area contributed by atoms with E-state index in [0.717, 1.165) is 0 Å². The lowest BCUT2D eigenvalue weighted by Gasteiger charge is -2.42. The Balaban J connectivity index is 2.43. The van der Waals surface area contributed by atoms with Gasteiger partial charge in [-0.1, -0.05) is 23.8 Å². The van der Waals surface area contributed by atoms with E-state index in [4.69, 9.17) is 10.6 Å². The van der Waals surface area contributed by atoms with E-state index in [9.17, 15) is 0 Å². The zero-order valence-corrected chi connectivity index (χ0v) is 8.63. The Hall–Kier alpha value is -0.900. The van der Waals surface area contributed by atoms with Gasteiger partial charge in [0.2, 0.25) is 0 Å². The summed E-state index contributed by atoms with van der Waals surface area (Å²) in [5, 5.41) is 0. The van der Waals surface area contributed by atoms with Gasteiger partial charge in [0.1, 0.15) is 5.54 Å². The number of hydrogen-bond donors (Lipinski definition) is 2. The first kappa shape index (κ1) is 9.65. The smallest absolute Gasteiger partial charge is 0.104 e. The molecule has 1 aromatic rings. The van der Waals surface area contributed by atoms with Crippen LogP contribution in [-0.4, -0.2) is 13.2 Å². The SMILES string of the molecule is Cc1ccc(C)c(C2(NN)COC2)c1. The number of benzene rings is 1. The predicted molar refractivity (Wildman–Crippen MR) is 55.7 cm³/mol. The number of aryl methyl sites for hydroxylation is 2. The van der Waals surface area contributed by atoms with Crippen molar-refractivity contribution in [3.05, 3.63) is 34.9 Å². The lowest BCUT2D eigenvalue weighted by Crippen LogP contribution is -2.60. The normalized spacial score (nSPS) is 19.1. The molecule has 1 aliphatic rings. The zero-order valence-electron chi connectivity index (χ0n) is 8.63. The molecule has 0 bridgehead atoms. The summed E-state index contributed by atoms with van der Waals surface area (Å²) in [5.41, 5.74) is 6.49. The predicted octanol–water partition coefficient (Wildman–Crippen LogP) is 0.992. The molecule has 0 radical (unpaired) electrons. The number of hydrazine groups is 1. The highest BCUT2D eigenvalue weighted by Gasteiger charge is 2.40. The van der Waals surface area contributed by atoms with Gasteiger partial charge in [0, 0.05) is 0 Å². The maximum atomic E-state index is 5.59. The molecular formula is C11H16N2O. The van der Waals surface area contributed by atoms with Crippen molar-refractivity contribution in [2.45, 2.75) is 19.4 Å². The molecule has 1 fully saturated rings. The minimum Gasteiger partial charge on any atom is -0.377 e. The Bertz CT molecular complexity index is 340. The standard InChI is InChI=1S/C11H16N2O/c1-8-3-4-9(2)10(5-8)11(13-12)6-14-7-11/h3-5,13H,6-7,12H2,1-2H3. The van der Waals surface area contributed by atoms with Crippen LogP contribution in [0.15, 0.2) is 18.2 Å². The van der Waals surface area contributed by atoms with E-state index in [1.54, 1.807) is 0 Å². The van der Waals surface area contributed by atoms with Crippen molar-refractivity contribution in [1.82, 2.24) is 5.43 Å². The Morgan fingerprint density at radius 2 is 2.07 bits per heavy atom. The van der Waals surface area contributed by atoms with Crippen LogP contribution >= 0.6 is 0 Å². The third-order valence-electron chi connectivity index (χ3n) is 2.88. The lowest BCUT2D eigenvalue weighted by atomic mass is 9.85. The molecule has 0 spiro atoms. The van der Waals surface area contributed by atoms with Crippen molar-refractivity contribution in [3.8, 4) is 0 Å². The summed E-state index contributed by atoms with van der Waals surface area (Å²) >= 11 is 0. The molecule has 3 nitrogen and oxygen atoms in total. The molecule has 0 atom stereocenters. The summed E-state index contributed by atoms with van der Waals surface area (Å²) in [5.74, 6) is 5.59. The summed E-state index contributed by atoms with van der Waals surface area (Å²) in [7, 11) is 0. The highest BCUT2D eigenvalue weighted by Crippen LogP contribution is 2.31. The summed E-state index contributed by atoms with van der Waals surface area (Å²) in [6.45, 7) is 5.51. The van der Waals surface area contributed by atoms with Crippen molar-refractivity contribution >= 4 is 0 Å². The first-order valence-corrected chi connectivity index (χ1v) is 4.81. The van der Waals surface area contributed by atoms with E-state index in [0.29, 0.717) is 13.2 Å². The second-order valence-electron chi connectivity index (χ2n) is 4.04. The number of hydrogen-bond acceptors (Lipinski definition) is 3. The molecule has 0 saturated carbocycles. The van der Waals surface area contributed by atoms with Gasteiger partial charge in [0.05, 0.1) is 13.2 Å². The summed E-state index contributed by atoms with van der Waals surface area (Å²) < 4.78 is 5.24. The van der Waals surface area contributed by atoms with Crippen molar-refractivity contribution in [2.24, 2.45) is 5.84 Å². The third-order valence-corrected chi connectivity index (χ3v) is 2.88. The second-order valence-corrected chi connectivity index (χ2v) is 4.04. The molecule has 0 aromatic heterocycles. The van der Waals surface area contributed by atoms with E-state index >= 15 is 0 Å². The van der Waals surface area contributed by atoms with Gasteiger partial charge >= 0.3 is 0 Å². The van der Waals surface area contributed by atoms with Crippen molar-refractivity contribution in [3.63, 3.8) is 0 Å². The second kappa shape index (κ2) is 3.35. The van der Waals surface area contributed by atoms with E-state index in [2.05, 4.69) is 37.5 Å². The molecule has 3 heteroatoms. The van der Waals surface area contributed by atoms with Crippen LogP contribution in [0, 0.1) is 13.8 Å². The van der Waals surface area contributed by atoms with E-state index in [-0.39, 0.29) is 5.54 Å². The van der Waals surface area contributed by atoms with Crippen molar-refractivity contribution in [1.29, 1.82) is 0 Å². The van der Waals surface area contributed by atoms with Gasteiger partial charge < -0.3 is 4.74 Å². The summed E-state index contributed by atoms with van der Waals surface area (Å²) in [4.78, 5) is 0. The van der Waals surface area contributed by atoms with Crippen molar-refractivity contribution in [2.75, 3.05) is 13.2 Å². The first-order valence-electron chi connectivity index (χ1n) is 4.81. The van der Waals surface area contributed by atoms with Crippen LogP contribution in [0.3, 0.4) is 0 Å². The molecule has 0 aliphatic carbocycles. The Kier molecular flexibility index (Phi) is 2.31. The lowest BCUT2D eigenvalue weighted by molar-refractivity contribution is -0.0790. The number of nitrogens with two attached hydrogens (primary N) is 1. The van der Waals surface area contributed by atoms with Gasteiger partial charge in [0.15, 0.2) is 0 Å². The highest BCUT2D eigenvalue weighted by molar-refractivity contribution is 5.37. The van der Waals surface area contributed by atoms with Crippen LogP contribution in [0.1, 0.15) is 16.7 Å². The maximum Gasteiger partial charge on any atom is 0.104 e. The van der Waals surface area contributed by atoms with E-state index in [1.165, 1.54) is 16.7 Å². The quantitative estimate of drug-likeness (QED) is 0.542. The van der Waals surface area contributed by atoms with Crippen LogP contribution < -0.4 is 11.3 Å². The Morgan fingerprint density at radius 3 is 2.57 bits per heavy atom. The van der Waals surface area contributed by atoms with E-state index in [1.807, 2.05) is 0 Å². The fourth-order valence-electron chi connectivity index (χ4n) is 1.87. The zero-order chi connectivity index (χ0) is 10.2. The molecule has 1 saturated heterocycles. The molecule has 3 N–H and O–H groups in total. The van der Waals surface area contributed by atoms with Gasteiger partial charge in [-0.05, 0) is 25.0 Å². The number of nitrogens with one attached hydrogen (secondary N) is 1. The molecular weight excluding hydrogens is 176 g/mol. The Labute approximate surface area is 84.2 Å². The molecule has 14 heavy (non-hydrogen) atoms. The summed E-state index contributed by atoms with van der Waals surface area (Å²) in [6.07, 6.45) is 0. The minimum atomic E-state index is -0.157. The van der Waals surface area contributed by atoms with Gasteiger partial charge in [-0.15, -0.1) is 0 Å². The topological polar surface area (TPSA) is 47.3 Å². The monoisotopic (exact) mass is 192 g/mol. The van der Waals surface area contributed by atoms with Gasteiger partial charge in [-0.25, -0.2) is 5.43 Å². The number of ether oxygens (including phenoxy) is 1. The van der Waals surface area contributed by atoms with Crippen LogP contribution in [0.25, 0.3) is 0 Å². The molecule has 1 aromatic carbocycles. The molecule has 0 amide bonds. The number of rotatable bonds is 2. The van der Waals surface area contributed by atoms with Crippen molar-refractivity contribution < 1.29 is 4.74 Å². The van der Waals surface area contributed by atoms with Crippen LogP contribution in [0.5, 0.6) is 0 Å². The average Bonchev–Trinajstić information content (AvgIpc) is 2.10. The summed E-state index contributed by atoms with van der Waals surface area (Å²) in [6, 6.07) is 6.42. The first-order chi connectivity index (χ1) is 6.68. The molecule has 0 unspecified atom stereocenters. The Morgan fingerprint density at radius 1 is 1.36 bits per heavy atom. The van der Waals surface area contributed by atoms with E-state index < -0.39 is 0 Å². The highest BCUT2D eigenvalue weighted by atomic mass is 16.5. The maximum absolute atomic E-state index is 5.59. The third kappa shape index (κ3) is 1.34. The van der Waals surface area contributed by atoms with Gasteiger partial charge in [-0.2, -0.15) is 0 Å². The van der Waals surface area contributed by atoms with Gasteiger partial charge in [0.25, 0.3) is 0 Å². The fourth-order valence-corrected chi connectivity index (χ4v) is 1.87. The van der Waals surface area contributed by atoms with Crippen LogP contribution in [-0.2, 0) is 10.3 Å². The fraction of sp³-hybridized carbons (Fsp3) is 0.455. The minimum absolute atomic E-state index is 0.157. The molecule has 1 aliphatic heterocycles. The molecule has 2 rings (SSSR count). The van der Waals surface area contributed by atoms with Crippen LogP contribution in [0.2, 0.25) is 0 Å². The molecule has 1 heterocycles. The average molecular weight is 192 g/mol. The molecule has 76 valence electrons. The van der Waals surface area contributed by atoms with Gasteiger partial charge in [-0.3, -0.25) is 5.84 Å².